The molecule has 2 fully saturated rings. The van der Waals surface area contributed by atoms with Gasteiger partial charge in [0.25, 0.3) is 11.1 Å². The Labute approximate surface area is 229 Å². The van der Waals surface area contributed by atoms with Crippen molar-refractivity contribution in [1.82, 2.24) is 20.1 Å². The Kier molecular flexibility index (Phi) is 8.69. The first-order valence-corrected chi connectivity index (χ1v) is 14.3. The first-order chi connectivity index (χ1) is 18.5. The number of benzene rings is 2. The van der Waals surface area contributed by atoms with E-state index in [2.05, 4.69) is 57.4 Å². The van der Waals surface area contributed by atoms with Gasteiger partial charge in [0, 0.05) is 45.3 Å². The molecule has 8 heteroatoms. The molecule has 3 heterocycles. The lowest BCUT2D eigenvalue weighted by atomic mass is 10.0. The van der Waals surface area contributed by atoms with E-state index < -0.39 is 0 Å². The van der Waals surface area contributed by atoms with E-state index in [1.54, 1.807) is 6.20 Å². The van der Waals surface area contributed by atoms with Gasteiger partial charge in [-0.15, -0.1) is 0 Å². The van der Waals surface area contributed by atoms with E-state index in [1.807, 2.05) is 24.3 Å². The Morgan fingerprint density at radius 2 is 1.55 bits per heavy atom. The smallest absolute Gasteiger partial charge is 0.274 e. The molecule has 0 saturated carbocycles. The highest BCUT2D eigenvalue weighted by Gasteiger charge is 2.24. The number of likely N-dealkylation sites (tertiary alicyclic amines) is 2. The number of carbonyl (C=O) groups is 1. The molecule has 0 spiro atoms. The van der Waals surface area contributed by atoms with Gasteiger partial charge in [0.1, 0.15) is 11.0 Å². The number of nitrogens with zero attached hydrogens (tertiary/aromatic N) is 4. The maximum Gasteiger partial charge on any atom is 0.274 e. The SMILES string of the molecule is Cc1ccc(CN2CCC(Oc3ncc(C(=O)NC4CCN(Cc5ccc(C#N)cc5)CC4)s3)CC2)cc1. The van der Waals surface area contributed by atoms with Crippen LogP contribution < -0.4 is 10.1 Å². The van der Waals surface area contributed by atoms with Crippen molar-refractivity contribution >= 4 is 17.2 Å². The first kappa shape index (κ1) is 26.4. The van der Waals surface area contributed by atoms with Crippen molar-refractivity contribution in [2.45, 2.75) is 57.8 Å². The third-order valence-corrected chi connectivity index (χ3v) is 8.34. The summed E-state index contributed by atoms with van der Waals surface area (Å²) in [6.45, 7) is 7.83. The molecule has 7 nitrogen and oxygen atoms in total. The molecule has 0 atom stereocenters. The summed E-state index contributed by atoms with van der Waals surface area (Å²) in [4.78, 5) is 22.7. The maximum absolute atomic E-state index is 12.8. The normalized spacial score (nSPS) is 17.7. The lowest BCUT2D eigenvalue weighted by Crippen LogP contribution is -2.44. The van der Waals surface area contributed by atoms with Gasteiger partial charge in [0.15, 0.2) is 0 Å². The van der Waals surface area contributed by atoms with Crippen molar-refractivity contribution in [2.75, 3.05) is 26.2 Å². The van der Waals surface area contributed by atoms with Crippen molar-refractivity contribution in [3.63, 3.8) is 0 Å². The van der Waals surface area contributed by atoms with Gasteiger partial charge in [-0.1, -0.05) is 53.3 Å². The van der Waals surface area contributed by atoms with Crippen molar-refractivity contribution in [3.8, 4) is 11.3 Å². The summed E-state index contributed by atoms with van der Waals surface area (Å²) >= 11 is 1.34. The molecule has 2 aliphatic rings. The van der Waals surface area contributed by atoms with Crippen LogP contribution in [0.3, 0.4) is 0 Å². The highest BCUT2D eigenvalue weighted by atomic mass is 32.1. The highest BCUT2D eigenvalue weighted by molar-refractivity contribution is 7.15. The summed E-state index contributed by atoms with van der Waals surface area (Å²) in [6.07, 6.45) is 5.56. The first-order valence-electron chi connectivity index (χ1n) is 13.5. The highest BCUT2D eigenvalue weighted by Crippen LogP contribution is 2.26. The van der Waals surface area contributed by atoms with Gasteiger partial charge in [-0.05, 0) is 55.9 Å². The molecule has 2 aliphatic heterocycles. The van der Waals surface area contributed by atoms with E-state index in [-0.39, 0.29) is 18.1 Å². The van der Waals surface area contributed by atoms with Gasteiger partial charge in [-0.2, -0.15) is 5.26 Å². The molecule has 0 aliphatic carbocycles. The third-order valence-electron chi connectivity index (χ3n) is 7.45. The Hall–Kier alpha value is -3.25. The molecule has 198 valence electrons. The van der Waals surface area contributed by atoms with Crippen LogP contribution >= 0.6 is 11.3 Å². The molecule has 2 saturated heterocycles. The van der Waals surface area contributed by atoms with E-state index >= 15 is 0 Å². The summed E-state index contributed by atoms with van der Waals surface area (Å²) in [7, 11) is 0. The summed E-state index contributed by atoms with van der Waals surface area (Å²) in [6, 6.07) is 18.9. The number of aromatic nitrogens is 1. The van der Waals surface area contributed by atoms with Crippen LogP contribution in [0.5, 0.6) is 5.19 Å². The molecule has 0 unspecified atom stereocenters. The van der Waals surface area contributed by atoms with Crippen LogP contribution in [0.15, 0.2) is 54.7 Å². The number of aryl methyl sites for hydroxylation is 1. The van der Waals surface area contributed by atoms with E-state index in [4.69, 9.17) is 10.00 Å². The number of hydrogen-bond acceptors (Lipinski definition) is 7. The molecule has 38 heavy (non-hydrogen) atoms. The second kappa shape index (κ2) is 12.5. The average molecular weight is 530 g/mol. The minimum atomic E-state index is -0.0594. The van der Waals surface area contributed by atoms with Crippen molar-refractivity contribution in [3.05, 3.63) is 81.9 Å². The lowest BCUT2D eigenvalue weighted by Gasteiger charge is -2.32. The van der Waals surface area contributed by atoms with Crippen LogP contribution in [-0.4, -0.2) is 59.0 Å². The Morgan fingerprint density at radius 1 is 0.974 bits per heavy atom. The molecular weight excluding hydrogens is 494 g/mol. The number of nitrogens with one attached hydrogen (secondary N) is 1. The summed E-state index contributed by atoms with van der Waals surface area (Å²) < 4.78 is 6.15. The van der Waals surface area contributed by atoms with Crippen LogP contribution in [0, 0.1) is 18.3 Å². The lowest BCUT2D eigenvalue weighted by molar-refractivity contribution is 0.0912. The van der Waals surface area contributed by atoms with E-state index in [0.717, 1.165) is 65.0 Å². The fraction of sp³-hybridized carbons (Fsp3) is 0.433. The average Bonchev–Trinajstić information content (AvgIpc) is 3.41. The molecule has 0 bridgehead atoms. The molecule has 0 radical (unpaired) electrons. The summed E-state index contributed by atoms with van der Waals surface area (Å²) in [5.41, 5.74) is 4.54. The van der Waals surface area contributed by atoms with Gasteiger partial charge in [-0.3, -0.25) is 14.6 Å². The molecule has 5 rings (SSSR count). The number of carbonyl (C=O) groups excluding carboxylic acids is 1. The van der Waals surface area contributed by atoms with Crippen LogP contribution in [0.1, 0.15) is 57.6 Å². The number of rotatable bonds is 8. The van der Waals surface area contributed by atoms with Crippen molar-refractivity contribution in [1.29, 1.82) is 5.26 Å². The fourth-order valence-electron chi connectivity index (χ4n) is 5.13. The van der Waals surface area contributed by atoms with E-state index in [1.165, 1.54) is 28.0 Å². The van der Waals surface area contributed by atoms with E-state index in [9.17, 15) is 4.79 Å². The molecule has 2 aromatic carbocycles. The fourth-order valence-corrected chi connectivity index (χ4v) is 5.87. The molecule has 1 amide bonds. The zero-order valence-corrected chi connectivity index (χ0v) is 22.8. The Bertz CT molecular complexity index is 1230. The number of ether oxygens (including phenoxy) is 1. The van der Waals surface area contributed by atoms with Gasteiger partial charge in [0.2, 0.25) is 0 Å². The number of nitriles is 1. The predicted molar refractivity (Wildman–Crippen MR) is 149 cm³/mol. The zero-order valence-electron chi connectivity index (χ0n) is 21.9. The van der Waals surface area contributed by atoms with E-state index in [0.29, 0.717) is 15.6 Å². The van der Waals surface area contributed by atoms with Crippen LogP contribution in [0.4, 0.5) is 0 Å². The molecule has 1 aromatic heterocycles. The number of hydrogen-bond donors (Lipinski definition) is 1. The Balaban J connectivity index is 1.02. The minimum Gasteiger partial charge on any atom is -0.467 e. The maximum atomic E-state index is 12.8. The number of thiazole rings is 1. The largest absolute Gasteiger partial charge is 0.467 e. The standard InChI is InChI=1S/C30H35N5O2S/c1-22-2-4-24(5-3-22)20-35-16-12-27(13-17-35)37-30-32-19-28(38-30)29(36)33-26-10-14-34(15-11-26)21-25-8-6-23(18-31)7-9-25/h2-9,19,26-27H,10-17,20-21H2,1H3,(H,33,36). The topological polar surface area (TPSA) is 81.5 Å². The van der Waals surface area contributed by atoms with Crippen LogP contribution in [0.2, 0.25) is 0 Å². The molecule has 1 N–H and O–H groups in total. The minimum absolute atomic E-state index is 0.0594. The van der Waals surface area contributed by atoms with Crippen molar-refractivity contribution < 1.29 is 9.53 Å². The quantitative estimate of drug-likeness (QED) is 0.453. The zero-order chi connectivity index (χ0) is 26.3. The molecular formula is C30H35N5O2S. The summed E-state index contributed by atoms with van der Waals surface area (Å²) in [5, 5.41) is 12.7. The number of piperidine rings is 2. The van der Waals surface area contributed by atoms with Crippen LogP contribution in [-0.2, 0) is 13.1 Å². The molecule has 3 aromatic rings. The predicted octanol–water partition coefficient (Wildman–Crippen LogP) is 4.76. The van der Waals surface area contributed by atoms with Crippen LogP contribution in [0.25, 0.3) is 0 Å². The van der Waals surface area contributed by atoms with Gasteiger partial charge >= 0.3 is 0 Å². The van der Waals surface area contributed by atoms with Crippen molar-refractivity contribution in [2.24, 2.45) is 0 Å². The number of amides is 1. The second-order valence-corrected chi connectivity index (χ2v) is 11.4. The monoisotopic (exact) mass is 529 g/mol. The second-order valence-electron chi connectivity index (χ2n) is 10.4. The third kappa shape index (κ3) is 7.19. The summed E-state index contributed by atoms with van der Waals surface area (Å²) in [5.74, 6) is -0.0594. The van der Waals surface area contributed by atoms with Gasteiger partial charge in [-0.25, -0.2) is 4.98 Å². The van der Waals surface area contributed by atoms with Gasteiger partial charge < -0.3 is 10.1 Å². The Morgan fingerprint density at radius 3 is 2.16 bits per heavy atom. The van der Waals surface area contributed by atoms with Gasteiger partial charge in [0.05, 0.1) is 17.8 Å².